The number of nitrogens with zero attached hydrogens (tertiary/aromatic N) is 3. The summed E-state index contributed by atoms with van der Waals surface area (Å²) in [6, 6.07) is 20.3. The number of hydrogen-bond acceptors (Lipinski definition) is 8. The van der Waals surface area contributed by atoms with Crippen molar-refractivity contribution in [3.63, 3.8) is 0 Å². The van der Waals surface area contributed by atoms with Crippen molar-refractivity contribution in [2.24, 2.45) is 0 Å². The van der Waals surface area contributed by atoms with Gasteiger partial charge in [0.2, 0.25) is 0 Å². The fraction of sp³-hybridized carbons (Fsp3) is 0.0769. The van der Waals surface area contributed by atoms with Crippen molar-refractivity contribution in [3.05, 3.63) is 84.3 Å². The highest BCUT2D eigenvalue weighted by atomic mass is 32.2. The van der Waals surface area contributed by atoms with Crippen molar-refractivity contribution in [3.8, 4) is 11.5 Å². The van der Waals surface area contributed by atoms with Crippen molar-refractivity contribution >= 4 is 46.1 Å². The van der Waals surface area contributed by atoms with Gasteiger partial charge in [-0.25, -0.2) is 9.78 Å². The average Bonchev–Trinajstić information content (AvgIpc) is 3.55. The first-order chi connectivity index (χ1) is 17.1. The van der Waals surface area contributed by atoms with Crippen LogP contribution in [0.25, 0.3) is 22.6 Å². The Morgan fingerprint density at radius 3 is 2.40 bits per heavy atom. The molecule has 0 radical (unpaired) electrons. The first kappa shape index (κ1) is 21.2. The minimum Gasteiger partial charge on any atom is -0.463 e. The lowest BCUT2D eigenvalue weighted by Crippen LogP contribution is -2.32. The first-order valence-corrected chi connectivity index (χ1v) is 11.6. The van der Waals surface area contributed by atoms with E-state index in [1.165, 1.54) is 6.26 Å². The fourth-order valence-corrected chi connectivity index (χ4v) is 5.11. The maximum Gasteiger partial charge on any atom is 0.339 e. The standard InChI is InChI=1S/C26H17N3O5S/c1-15-24-16(13-17(20-9-6-12-32-20)27-25(24)34-28-15)26(31)33-14-23(30)29-18-7-2-4-10-21(18)35-22-11-5-3-8-19(22)29/h2-13H,14H2,1H3. The van der Waals surface area contributed by atoms with Gasteiger partial charge in [0.1, 0.15) is 5.69 Å². The Labute approximate surface area is 203 Å². The number of anilines is 2. The molecule has 0 atom stereocenters. The van der Waals surface area contributed by atoms with Crippen LogP contribution in [-0.4, -0.2) is 28.6 Å². The van der Waals surface area contributed by atoms with E-state index in [0.717, 1.165) is 21.2 Å². The van der Waals surface area contributed by atoms with Crippen LogP contribution in [0.15, 0.2) is 91.7 Å². The highest BCUT2D eigenvalue weighted by Crippen LogP contribution is 2.47. The van der Waals surface area contributed by atoms with E-state index >= 15 is 0 Å². The topological polar surface area (TPSA) is 98.7 Å². The van der Waals surface area contributed by atoms with Crippen LogP contribution < -0.4 is 4.90 Å². The van der Waals surface area contributed by atoms with Crippen LogP contribution >= 0.6 is 11.8 Å². The molecule has 1 aliphatic heterocycles. The summed E-state index contributed by atoms with van der Waals surface area (Å²) < 4.78 is 16.2. The van der Waals surface area contributed by atoms with Gasteiger partial charge in [-0.15, -0.1) is 0 Å². The van der Waals surface area contributed by atoms with Crippen LogP contribution in [0.3, 0.4) is 0 Å². The second-order valence-corrected chi connectivity index (χ2v) is 8.91. The van der Waals surface area contributed by atoms with Gasteiger partial charge in [0, 0.05) is 9.79 Å². The summed E-state index contributed by atoms with van der Waals surface area (Å²) in [6.07, 6.45) is 1.51. The van der Waals surface area contributed by atoms with Gasteiger partial charge >= 0.3 is 5.97 Å². The predicted octanol–water partition coefficient (Wildman–Crippen LogP) is 5.78. The summed E-state index contributed by atoms with van der Waals surface area (Å²) in [5.41, 5.74) is 2.77. The number of carbonyl (C=O) groups excluding carboxylic acids is 2. The number of carbonyl (C=O) groups is 2. The third kappa shape index (κ3) is 3.66. The highest BCUT2D eigenvalue weighted by Gasteiger charge is 2.29. The molecule has 0 spiro atoms. The van der Waals surface area contributed by atoms with Gasteiger partial charge in [-0.1, -0.05) is 41.2 Å². The molecule has 0 aliphatic carbocycles. The highest BCUT2D eigenvalue weighted by molar-refractivity contribution is 7.99. The molecule has 5 aromatic rings. The zero-order chi connectivity index (χ0) is 23.9. The van der Waals surface area contributed by atoms with Crippen LogP contribution in [0.2, 0.25) is 0 Å². The van der Waals surface area contributed by atoms with Crippen molar-refractivity contribution in [2.45, 2.75) is 16.7 Å². The Morgan fingerprint density at radius 1 is 1.00 bits per heavy atom. The van der Waals surface area contributed by atoms with E-state index in [1.807, 2.05) is 48.5 Å². The van der Waals surface area contributed by atoms with Gasteiger partial charge in [0.05, 0.1) is 34.3 Å². The number of pyridine rings is 1. The lowest BCUT2D eigenvalue weighted by Gasteiger charge is -2.30. The molecule has 2 aromatic carbocycles. The monoisotopic (exact) mass is 483 g/mol. The molecule has 0 fully saturated rings. The number of aromatic nitrogens is 2. The molecule has 8 nitrogen and oxygen atoms in total. The molecule has 3 aromatic heterocycles. The number of aryl methyl sites for hydroxylation is 1. The first-order valence-electron chi connectivity index (χ1n) is 10.8. The number of furan rings is 1. The number of rotatable bonds is 4. The lowest BCUT2D eigenvalue weighted by molar-refractivity contribution is -0.121. The largest absolute Gasteiger partial charge is 0.463 e. The van der Waals surface area contributed by atoms with Gasteiger partial charge in [-0.2, -0.15) is 0 Å². The molecule has 6 rings (SSSR count). The lowest BCUT2D eigenvalue weighted by atomic mass is 10.1. The molecule has 0 bridgehead atoms. The Balaban J connectivity index is 1.31. The van der Waals surface area contributed by atoms with Crippen molar-refractivity contribution < 1.29 is 23.3 Å². The van der Waals surface area contributed by atoms with Crippen molar-refractivity contribution in [1.82, 2.24) is 10.1 Å². The number of hydrogen-bond donors (Lipinski definition) is 0. The van der Waals surface area contributed by atoms with E-state index in [1.54, 1.807) is 41.8 Å². The zero-order valence-corrected chi connectivity index (χ0v) is 19.2. The van der Waals surface area contributed by atoms with E-state index in [4.69, 9.17) is 13.7 Å². The van der Waals surface area contributed by atoms with Crippen LogP contribution in [0.4, 0.5) is 11.4 Å². The van der Waals surface area contributed by atoms with E-state index in [-0.39, 0.29) is 17.2 Å². The molecule has 1 amide bonds. The number of fused-ring (bicyclic) bond motifs is 3. The van der Waals surface area contributed by atoms with Gasteiger partial charge < -0.3 is 13.7 Å². The molecule has 0 unspecified atom stereocenters. The van der Waals surface area contributed by atoms with Gasteiger partial charge in [-0.3, -0.25) is 9.69 Å². The third-order valence-electron chi connectivity index (χ3n) is 5.62. The molecule has 0 N–H and O–H groups in total. The molecular formula is C26H17N3O5S. The normalized spacial score (nSPS) is 12.3. The summed E-state index contributed by atoms with van der Waals surface area (Å²) in [6.45, 7) is 1.26. The minimum absolute atomic E-state index is 0.186. The Bertz CT molecular complexity index is 1550. The molecule has 1 aliphatic rings. The maximum absolute atomic E-state index is 13.4. The molecule has 172 valence electrons. The smallest absolute Gasteiger partial charge is 0.339 e. The molecule has 0 saturated carbocycles. The van der Waals surface area contributed by atoms with Gasteiger partial charge in [-0.05, 0) is 49.4 Å². The van der Waals surface area contributed by atoms with Crippen LogP contribution in [0.1, 0.15) is 16.1 Å². The molecule has 9 heteroatoms. The van der Waals surface area contributed by atoms with Crippen LogP contribution in [0.5, 0.6) is 0 Å². The van der Waals surface area contributed by atoms with Gasteiger partial charge in [0.25, 0.3) is 11.6 Å². The van der Waals surface area contributed by atoms with Crippen molar-refractivity contribution in [2.75, 3.05) is 11.5 Å². The number of esters is 1. The summed E-state index contributed by atoms with van der Waals surface area (Å²) in [7, 11) is 0. The number of ether oxygens (including phenoxy) is 1. The third-order valence-corrected chi connectivity index (χ3v) is 6.75. The molecule has 0 saturated heterocycles. The number of amides is 1. The fourth-order valence-electron chi connectivity index (χ4n) is 4.05. The van der Waals surface area contributed by atoms with E-state index in [0.29, 0.717) is 22.5 Å². The average molecular weight is 484 g/mol. The van der Waals surface area contributed by atoms with E-state index < -0.39 is 12.6 Å². The number of para-hydroxylation sites is 2. The SMILES string of the molecule is Cc1noc2nc(-c3ccco3)cc(C(=O)OCC(=O)N3c4ccccc4Sc4ccccc43)c12. The summed E-state index contributed by atoms with van der Waals surface area (Å²) in [5, 5.41) is 4.36. The Kier molecular flexibility index (Phi) is 5.11. The number of benzene rings is 2. The maximum atomic E-state index is 13.4. The van der Waals surface area contributed by atoms with Crippen LogP contribution in [-0.2, 0) is 9.53 Å². The predicted molar refractivity (Wildman–Crippen MR) is 129 cm³/mol. The Hall–Kier alpha value is -4.37. The van der Waals surface area contributed by atoms with E-state index in [2.05, 4.69) is 10.1 Å². The second-order valence-electron chi connectivity index (χ2n) is 7.82. The zero-order valence-electron chi connectivity index (χ0n) is 18.4. The molecule has 4 heterocycles. The molecular weight excluding hydrogens is 466 g/mol. The molecule has 35 heavy (non-hydrogen) atoms. The van der Waals surface area contributed by atoms with Crippen LogP contribution in [0, 0.1) is 6.92 Å². The Morgan fingerprint density at radius 2 is 1.71 bits per heavy atom. The summed E-state index contributed by atoms with van der Waals surface area (Å²) >= 11 is 1.59. The summed E-state index contributed by atoms with van der Waals surface area (Å²) in [5.74, 6) is -0.583. The van der Waals surface area contributed by atoms with E-state index in [9.17, 15) is 9.59 Å². The van der Waals surface area contributed by atoms with Crippen molar-refractivity contribution in [1.29, 1.82) is 0 Å². The quantitative estimate of drug-likeness (QED) is 0.297. The minimum atomic E-state index is -0.683. The second kappa shape index (κ2) is 8.44. The summed E-state index contributed by atoms with van der Waals surface area (Å²) in [4.78, 5) is 34.4. The van der Waals surface area contributed by atoms with Gasteiger partial charge in [0.15, 0.2) is 12.4 Å².